The van der Waals surface area contributed by atoms with Crippen LogP contribution < -0.4 is 10.5 Å². The molecule has 0 aliphatic carbocycles. The van der Waals surface area contributed by atoms with Gasteiger partial charge in [-0.25, -0.2) is 4.98 Å². The average molecular weight is 371 g/mol. The summed E-state index contributed by atoms with van der Waals surface area (Å²) in [4.78, 5) is 19.4. The molecule has 0 N–H and O–H groups in total. The maximum absolute atomic E-state index is 12.4. The molecule has 0 unspecified atom stereocenters. The van der Waals surface area contributed by atoms with Crippen LogP contribution in [-0.4, -0.2) is 23.6 Å². The number of nitrogens with zero attached hydrogens (tertiary/aromatic N) is 3. The zero-order valence-electron chi connectivity index (χ0n) is 17.1. The fraction of sp³-hybridized carbons (Fsp3) is 0.333. The van der Waals surface area contributed by atoms with Gasteiger partial charge in [0.05, 0.1) is 23.4 Å². The van der Waals surface area contributed by atoms with Gasteiger partial charge in [0, 0.05) is 48.6 Å². The molecule has 3 heterocycles. The van der Waals surface area contributed by atoms with Crippen molar-refractivity contribution in [3.63, 3.8) is 0 Å². The van der Waals surface area contributed by atoms with E-state index in [0.29, 0.717) is 13.0 Å². The lowest BCUT2D eigenvalue weighted by Crippen LogP contribution is -2.17. The third-order valence-electron chi connectivity index (χ3n) is 5.04. The molecule has 1 aliphatic heterocycles. The van der Waals surface area contributed by atoms with Gasteiger partial charge in [0.1, 0.15) is 0 Å². The highest BCUT2D eigenvalue weighted by molar-refractivity contribution is 5.90. The van der Waals surface area contributed by atoms with Crippen molar-refractivity contribution in [3.05, 3.63) is 57.9 Å². The van der Waals surface area contributed by atoms with Crippen molar-refractivity contribution in [3.8, 4) is 23.2 Å². The van der Waals surface area contributed by atoms with Crippen LogP contribution in [0.4, 0.5) is 5.69 Å². The first-order valence-corrected chi connectivity index (χ1v) is 9.58. The Morgan fingerprint density at radius 1 is 1.18 bits per heavy atom. The van der Waals surface area contributed by atoms with E-state index in [-0.39, 0.29) is 11.0 Å². The number of hydrogen-bond acceptors (Lipinski definition) is 3. The summed E-state index contributed by atoms with van der Waals surface area (Å²) in [5, 5.41) is 1.12. The molecule has 4 nitrogen and oxygen atoms in total. The molecule has 0 saturated heterocycles. The van der Waals surface area contributed by atoms with Crippen molar-refractivity contribution in [2.75, 3.05) is 19.0 Å². The summed E-state index contributed by atoms with van der Waals surface area (Å²) < 4.78 is 1.81. The van der Waals surface area contributed by atoms with Gasteiger partial charge in [0.15, 0.2) is 0 Å². The van der Waals surface area contributed by atoms with E-state index < -0.39 is 0 Å². The van der Waals surface area contributed by atoms with Crippen LogP contribution in [0, 0.1) is 17.3 Å². The van der Waals surface area contributed by atoms with Gasteiger partial charge in [0.2, 0.25) is 0 Å². The van der Waals surface area contributed by atoms with Crippen LogP contribution in [0.15, 0.2) is 41.2 Å². The Morgan fingerprint density at radius 2 is 1.96 bits per heavy atom. The maximum Gasteiger partial charge on any atom is 0.251 e. The van der Waals surface area contributed by atoms with Crippen molar-refractivity contribution in [1.82, 2.24) is 9.55 Å². The molecule has 4 rings (SSSR count). The van der Waals surface area contributed by atoms with Crippen LogP contribution >= 0.6 is 0 Å². The van der Waals surface area contributed by atoms with Crippen LogP contribution in [0.3, 0.4) is 0 Å². The predicted octanol–water partition coefficient (Wildman–Crippen LogP) is 4.08. The molecule has 0 radical (unpaired) electrons. The molecule has 4 heteroatoms. The number of fused-ring (bicyclic) bond motifs is 4. The molecule has 0 atom stereocenters. The monoisotopic (exact) mass is 371 g/mol. The molecule has 2 aromatic heterocycles. The van der Waals surface area contributed by atoms with Gasteiger partial charge in [-0.1, -0.05) is 17.9 Å². The standard InChI is InChI=1S/C24H25N3O/c1-24(2,3)13-7-8-17-18-14-16(26(4)5)11-12-20(18)25-23-19(17)15-27-21(23)9-6-10-22(27)28/h6,9-12,14H,8,15H2,1-5H3. The molecular formula is C24H25N3O. The van der Waals surface area contributed by atoms with Crippen LogP contribution in [-0.2, 0) is 13.0 Å². The van der Waals surface area contributed by atoms with E-state index in [2.05, 4.69) is 55.7 Å². The van der Waals surface area contributed by atoms with Gasteiger partial charge in [-0.2, -0.15) is 0 Å². The molecule has 28 heavy (non-hydrogen) atoms. The van der Waals surface area contributed by atoms with Crippen molar-refractivity contribution in [2.45, 2.75) is 33.7 Å². The van der Waals surface area contributed by atoms with Gasteiger partial charge in [0.25, 0.3) is 5.56 Å². The highest BCUT2D eigenvalue weighted by atomic mass is 16.1. The molecule has 0 fully saturated rings. The quantitative estimate of drug-likeness (QED) is 0.498. The fourth-order valence-electron chi connectivity index (χ4n) is 3.66. The first-order chi connectivity index (χ1) is 13.2. The molecule has 0 saturated carbocycles. The number of benzene rings is 1. The normalized spacial score (nSPS) is 12.3. The zero-order valence-corrected chi connectivity index (χ0v) is 17.1. The van der Waals surface area contributed by atoms with Gasteiger partial charge in [-0.3, -0.25) is 4.79 Å². The second-order valence-electron chi connectivity index (χ2n) is 8.58. The molecule has 0 amide bonds. The third kappa shape index (κ3) is 3.18. The van der Waals surface area contributed by atoms with Gasteiger partial charge in [-0.15, -0.1) is 0 Å². The smallest absolute Gasteiger partial charge is 0.251 e. The van der Waals surface area contributed by atoms with E-state index in [1.807, 2.05) is 30.8 Å². The third-order valence-corrected chi connectivity index (χ3v) is 5.04. The highest BCUT2D eigenvalue weighted by Crippen LogP contribution is 2.36. The number of rotatable bonds is 2. The summed E-state index contributed by atoms with van der Waals surface area (Å²) in [7, 11) is 4.08. The number of hydrogen-bond donors (Lipinski definition) is 0. The Morgan fingerprint density at radius 3 is 2.68 bits per heavy atom. The largest absolute Gasteiger partial charge is 0.378 e. The molecule has 0 spiro atoms. The molecule has 0 bridgehead atoms. The summed E-state index contributed by atoms with van der Waals surface area (Å²) >= 11 is 0. The van der Waals surface area contributed by atoms with Crippen LogP contribution in [0.2, 0.25) is 0 Å². The van der Waals surface area contributed by atoms with Gasteiger partial charge < -0.3 is 9.47 Å². The molecule has 3 aromatic rings. The summed E-state index contributed by atoms with van der Waals surface area (Å²) in [6, 6.07) is 11.7. The molecule has 1 aliphatic rings. The average Bonchev–Trinajstić information content (AvgIpc) is 2.99. The minimum atomic E-state index is -0.0410. The van der Waals surface area contributed by atoms with Crippen molar-refractivity contribution >= 4 is 16.6 Å². The Hall–Kier alpha value is -3.06. The first-order valence-electron chi connectivity index (χ1n) is 9.58. The van der Waals surface area contributed by atoms with Crippen molar-refractivity contribution < 1.29 is 0 Å². The minimum absolute atomic E-state index is 0.0141. The summed E-state index contributed by atoms with van der Waals surface area (Å²) in [5.74, 6) is 6.72. The van der Waals surface area contributed by atoms with E-state index in [0.717, 1.165) is 33.5 Å². The Labute approximate surface area is 165 Å². The number of anilines is 1. The first kappa shape index (κ1) is 18.3. The lowest BCUT2D eigenvalue weighted by atomic mass is 9.95. The van der Waals surface area contributed by atoms with Crippen LogP contribution in [0.25, 0.3) is 22.3 Å². The van der Waals surface area contributed by atoms with E-state index >= 15 is 0 Å². The van der Waals surface area contributed by atoms with Crippen molar-refractivity contribution in [1.29, 1.82) is 0 Å². The SMILES string of the molecule is CN(C)c1ccc2nc3c(c(CC#CC(C)(C)C)c2c1)Cn1c-3cccc1=O. The summed E-state index contributed by atoms with van der Waals surface area (Å²) in [5.41, 5.74) is 6.16. The Balaban J connectivity index is 1.97. The number of aromatic nitrogens is 2. The van der Waals surface area contributed by atoms with Crippen molar-refractivity contribution in [2.24, 2.45) is 5.41 Å². The maximum atomic E-state index is 12.4. The Bertz CT molecular complexity index is 1200. The molecular weight excluding hydrogens is 346 g/mol. The zero-order chi connectivity index (χ0) is 20.1. The molecule has 142 valence electrons. The van der Waals surface area contributed by atoms with Crippen LogP contribution in [0.1, 0.15) is 31.9 Å². The van der Waals surface area contributed by atoms with E-state index in [1.165, 1.54) is 5.56 Å². The van der Waals surface area contributed by atoms with Crippen LogP contribution in [0.5, 0.6) is 0 Å². The minimum Gasteiger partial charge on any atom is -0.378 e. The van der Waals surface area contributed by atoms with E-state index in [9.17, 15) is 4.79 Å². The molecule has 1 aromatic carbocycles. The summed E-state index contributed by atoms with van der Waals surface area (Å²) in [6.45, 7) is 6.92. The lowest BCUT2D eigenvalue weighted by molar-refractivity contribution is 0.570. The van der Waals surface area contributed by atoms with E-state index in [1.54, 1.807) is 6.07 Å². The highest BCUT2D eigenvalue weighted by Gasteiger charge is 2.25. The number of pyridine rings is 2. The second-order valence-corrected chi connectivity index (χ2v) is 8.58. The van der Waals surface area contributed by atoms with Gasteiger partial charge in [-0.05, 0) is 50.6 Å². The predicted molar refractivity (Wildman–Crippen MR) is 116 cm³/mol. The lowest BCUT2D eigenvalue weighted by Gasteiger charge is -2.16. The topological polar surface area (TPSA) is 38.1 Å². The second kappa shape index (κ2) is 6.53. The fourth-order valence-corrected chi connectivity index (χ4v) is 3.66. The Kier molecular flexibility index (Phi) is 4.27. The summed E-state index contributed by atoms with van der Waals surface area (Å²) in [6.07, 6.45) is 0.651. The van der Waals surface area contributed by atoms with Gasteiger partial charge >= 0.3 is 0 Å². The van der Waals surface area contributed by atoms with E-state index in [4.69, 9.17) is 4.98 Å².